The molecule has 1 aromatic heterocycles. The van der Waals surface area contributed by atoms with Crippen molar-refractivity contribution in [3.05, 3.63) is 12.7 Å². The standard InChI is InChI=1S/C18H27FN6O/c1-17(2)13(9-24-12-21-11-23-24)4-5-18(17,3)22-8-16(26)25-10-14(19)6-15(25)7-20/h11-15,22H,4-6,8-10H2,1-3H3/t13-,14-,15-,18-/m0/s1. The van der Waals surface area contributed by atoms with E-state index in [0.717, 1.165) is 19.4 Å². The number of halogens is 1. The molecule has 0 aromatic carbocycles. The normalized spacial score (nSPS) is 33.3. The number of aromatic nitrogens is 3. The van der Waals surface area contributed by atoms with E-state index in [9.17, 15) is 9.18 Å². The topological polar surface area (TPSA) is 86.8 Å². The first-order chi connectivity index (χ1) is 12.3. The number of likely N-dealkylation sites (tertiary alicyclic amines) is 1. The molecule has 0 unspecified atom stereocenters. The van der Waals surface area contributed by atoms with Gasteiger partial charge < -0.3 is 10.2 Å². The van der Waals surface area contributed by atoms with E-state index < -0.39 is 12.2 Å². The van der Waals surface area contributed by atoms with E-state index in [1.165, 1.54) is 11.2 Å². The van der Waals surface area contributed by atoms with Crippen LogP contribution in [0.2, 0.25) is 0 Å². The van der Waals surface area contributed by atoms with Crippen molar-refractivity contribution in [2.75, 3.05) is 13.1 Å². The summed E-state index contributed by atoms with van der Waals surface area (Å²) in [6.45, 7) is 7.51. The number of carbonyl (C=O) groups excluding carboxylic acids is 1. The van der Waals surface area contributed by atoms with E-state index in [2.05, 4.69) is 36.2 Å². The molecule has 1 saturated heterocycles. The number of alkyl halides is 1. The molecule has 1 aromatic rings. The summed E-state index contributed by atoms with van der Waals surface area (Å²) in [4.78, 5) is 17.9. The Kier molecular flexibility index (Phi) is 5.02. The van der Waals surface area contributed by atoms with Gasteiger partial charge in [0.1, 0.15) is 24.9 Å². The summed E-state index contributed by atoms with van der Waals surface area (Å²) in [5.41, 5.74) is -0.271. The lowest BCUT2D eigenvalue weighted by atomic mass is 9.71. The third-order valence-electron chi connectivity index (χ3n) is 6.66. The second-order valence-electron chi connectivity index (χ2n) is 8.28. The molecule has 1 aliphatic heterocycles. The summed E-state index contributed by atoms with van der Waals surface area (Å²) >= 11 is 0. The van der Waals surface area contributed by atoms with Crippen molar-refractivity contribution < 1.29 is 9.18 Å². The van der Waals surface area contributed by atoms with Crippen molar-refractivity contribution >= 4 is 5.91 Å². The van der Waals surface area contributed by atoms with Crippen molar-refractivity contribution in [1.29, 1.82) is 5.26 Å². The van der Waals surface area contributed by atoms with E-state index in [4.69, 9.17) is 5.26 Å². The third kappa shape index (κ3) is 3.32. The lowest BCUT2D eigenvalue weighted by Gasteiger charge is -2.42. The lowest BCUT2D eigenvalue weighted by molar-refractivity contribution is -0.131. The first kappa shape index (κ1) is 18.8. The first-order valence-corrected chi connectivity index (χ1v) is 9.17. The van der Waals surface area contributed by atoms with Crippen LogP contribution in [0.25, 0.3) is 0 Å². The van der Waals surface area contributed by atoms with Crippen molar-refractivity contribution in [2.24, 2.45) is 11.3 Å². The van der Waals surface area contributed by atoms with E-state index >= 15 is 0 Å². The highest BCUT2D eigenvalue weighted by Gasteiger charge is 2.51. The summed E-state index contributed by atoms with van der Waals surface area (Å²) in [5, 5.41) is 16.8. The fraction of sp³-hybridized carbons (Fsp3) is 0.778. The van der Waals surface area contributed by atoms with Crippen LogP contribution in [-0.2, 0) is 11.3 Å². The molecule has 0 radical (unpaired) electrons. The van der Waals surface area contributed by atoms with Gasteiger partial charge in [-0.15, -0.1) is 0 Å². The Morgan fingerprint density at radius 3 is 2.88 bits per heavy atom. The molecule has 2 aliphatic rings. The predicted molar refractivity (Wildman–Crippen MR) is 93.6 cm³/mol. The van der Waals surface area contributed by atoms with Gasteiger partial charge >= 0.3 is 0 Å². The Morgan fingerprint density at radius 2 is 2.23 bits per heavy atom. The van der Waals surface area contributed by atoms with E-state index in [0.29, 0.717) is 5.92 Å². The Labute approximate surface area is 153 Å². The summed E-state index contributed by atoms with van der Waals surface area (Å²) in [6.07, 6.45) is 4.25. The Balaban J connectivity index is 1.62. The molecule has 142 valence electrons. The van der Waals surface area contributed by atoms with Crippen molar-refractivity contribution in [3.63, 3.8) is 0 Å². The summed E-state index contributed by atoms with van der Waals surface area (Å²) in [6, 6.07) is 1.38. The van der Waals surface area contributed by atoms with Gasteiger partial charge in [-0.25, -0.2) is 9.37 Å². The maximum Gasteiger partial charge on any atom is 0.237 e. The molecule has 8 heteroatoms. The highest BCUT2D eigenvalue weighted by molar-refractivity contribution is 5.79. The van der Waals surface area contributed by atoms with Gasteiger partial charge in [-0.3, -0.25) is 9.48 Å². The zero-order valence-corrected chi connectivity index (χ0v) is 15.7. The number of hydrogen-bond acceptors (Lipinski definition) is 5. The highest BCUT2D eigenvalue weighted by Crippen LogP contribution is 2.50. The van der Waals surface area contributed by atoms with Gasteiger partial charge in [0.15, 0.2) is 0 Å². The highest BCUT2D eigenvalue weighted by atomic mass is 19.1. The second-order valence-corrected chi connectivity index (χ2v) is 8.28. The molecule has 26 heavy (non-hydrogen) atoms. The molecule has 3 rings (SSSR count). The lowest BCUT2D eigenvalue weighted by Crippen LogP contribution is -2.55. The van der Waals surface area contributed by atoms with E-state index in [-0.39, 0.29) is 36.4 Å². The van der Waals surface area contributed by atoms with Crippen LogP contribution in [0.15, 0.2) is 12.7 Å². The molecule has 2 fully saturated rings. The quantitative estimate of drug-likeness (QED) is 0.858. The van der Waals surface area contributed by atoms with Crippen LogP contribution in [0.4, 0.5) is 4.39 Å². The number of nitrogens with one attached hydrogen (secondary N) is 1. The van der Waals surface area contributed by atoms with Crippen LogP contribution in [0.3, 0.4) is 0 Å². The molecule has 4 atom stereocenters. The van der Waals surface area contributed by atoms with Gasteiger partial charge in [0.05, 0.1) is 19.2 Å². The first-order valence-electron chi connectivity index (χ1n) is 9.17. The molecule has 2 heterocycles. The molecule has 7 nitrogen and oxygen atoms in total. The molecule has 1 aliphatic carbocycles. The van der Waals surface area contributed by atoms with Crippen LogP contribution in [0.1, 0.15) is 40.0 Å². The minimum absolute atomic E-state index is 0.0216. The van der Waals surface area contributed by atoms with Crippen molar-refractivity contribution in [1.82, 2.24) is 25.0 Å². The van der Waals surface area contributed by atoms with E-state index in [1.807, 2.05) is 10.8 Å². The summed E-state index contributed by atoms with van der Waals surface area (Å²) in [5.74, 6) is 0.208. The van der Waals surface area contributed by atoms with Crippen LogP contribution in [0.5, 0.6) is 0 Å². The fourth-order valence-electron chi connectivity index (χ4n) is 4.34. The SMILES string of the molecule is CC1(C)[C@H](Cn2cncn2)CC[C@]1(C)NCC(=O)N1C[C@@H](F)C[C@H]1C#N. The minimum Gasteiger partial charge on any atom is -0.323 e. The molecule has 1 amide bonds. The van der Waals surface area contributed by atoms with Gasteiger partial charge in [0, 0.05) is 18.5 Å². The average Bonchev–Trinajstić information content (AvgIpc) is 3.29. The number of rotatable bonds is 5. The van der Waals surface area contributed by atoms with Gasteiger partial charge in [-0.1, -0.05) is 13.8 Å². The maximum atomic E-state index is 13.6. The zero-order valence-electron chi connectivity index (χ0n) is 15.7. The number of nitriles is 1. The fourth-order valence-corrected chi connectivity index (χ4v) is 4.34. The van der Waals surface area contributed by atoms with Gasteiger partial charge in [-0.05, 0) is 31.1 Å². The summed E-state index contributed by atoms with van der Waals surface area (Å²) < 4.78 is 15.4. The second kappa shape index (κ2) is 6.95. The Morgan fingerprint density at radius 1 is 1.46 bits per heavy atom. The molecule has 1 N–H and O–H groups in total. The van der Waals surface area contributed by atoms with Crippen molar-refractivity contribution in [3.8, 4) is 6.07 Å². The molecule has 0 spiro atoms. The van der Waals surface area contributed by atoms with Crippen LogP contribution in [0, 0.1) is 22.7 Å². The molecule has 1 saturated carbocycles. The number of carbonyl (C=O) groups is 1. The average molecular weight is 362 g/mol. The van der Waals surface area contributed by atoms with Gasteiger partial charge in [-0.2, -0.15) is 10.4 Å². The smallest absolute Gasteiger partial charge is 0.237 e. The maximum absolute atomic E-state index is 13.6. The Bertz CT molecular complexity index is 684. The third-order valence-corrected chi connectivity index (χ3v) is 6.66. The van der Waals surface area contributed by atoms with Crippen molar-refractivity contribution in [2.45, 2.75) is 64.3 Å². The van der Waals surface area contributed by atoms with E-state index in [1.54, 1.807) is 6.33 Å². The Hall–Kier alpha value is -2.01. The largest absolute Gasteiger partial charge is 0.323 e. The molecular formula is C18H27FN6O. The number of nitrogens with zero attached hydrogens (tertiary/aromatic N) is 5. The molecular weight excluding hydrogens is 335 g/mol. The monoisotopic (exact) mass is 362 g/mol. The zero-order chi connectivity index (χ0) is 18.9. The van der Waals surface area contributed by atoms with Crippen LogP contribution >= 0.6 is 0 Å². The van der Waals surface area contributed by atoms with Gasteiger partial charge in [0.2, 0.25) is 5.91 Å². The van der Waals surface area contributed by atoms with Gasteiger partial charge in [0.25, 0.3) is 0 Å². The van der Waals surface area contributed by atoms with Crippen LogP contribution in [-0.4, -0.2) is 56.4 Å². The minimum atomic E-state index is -1.10. The predicted octanol–water partition coefficient (Wildman–Crippen LogP) is 1.53. The number of amides is 1. The number of hydrogen-bond donors (Lipinski definition) is 1. The summed E-state index contributed by atoms with van der Waals surface area (Å²) in [7, 11) is 0. The molecule has 0 bridgehead atoms. The van der Waals surface area contributed by atoms with Crippen LogP contribution < -0.4 is 5.32 Å².